The number of carbonyl (C=O) groups is 1. The molecule has 3 aromatic rings. The van der Waals surface area contributed by atoms with E-state index in [1.165, 1.54) is 6.20 Å². The van der Waals surface area contributed by atoms with E-state index in [0.717, 1.165) is 31.5 Å². The second-order valence-electron chi connectivity index (χ2n) is 7.21. The molecule has 1 aliphatic heterocycles. The molecule has 0 saturated carbocycles. The Labute approximate surface area is 180 Å². The van der Waals surface area contributed by atoms with Crippen LogP contribution < -0.4 is 16.0 Å². The van der Waals surface area contributed by atoms with Gasteiger partial charge >= 0.3 is 0 Å². The highest BCUT2D eigenvalue weighted by Gasteiger charge is 2.26. The number of rotatable bonds is 6. The number of hydrogen-bond donors (Lipinski definition) is 3. The fraction of sp³-hybridized carbons (Fsp3) is 0.273. The number of anilines is 2. The van der Waals surface area contributed by atoms with Crippen LogP contribution in [0.5, 0.6) is 0 Å². The lowest BCUT2D eigenvalue weighted by Gasteiger charge is -2.32. The molecule has 1 unspecified atom stereocenters. The summed E-state index contributed by atoms with van der Waals surface area (Å²) < 4.78 is 0. The summed E-state index contributed by atoms with van der Waals surface area (Å²) in [6.07, 6.45) is 8.90. The van der Waals surface area contributed by atoms with Crippen LogP contribution >= 0.6 is 11.6 Å². The van der Waals surface area contributed by atoms with Crippen molar-refractivity contribution in [3.8, 4) is 0 Å². The van der Waals surface area contributed by atoms with Crippen LogP contribution in [0, 0.1) is 5.92 Å². The molecule has 4 heterocycles. The normalized spacial score (nSPS) is 15.4. The van der Waals surface area contributed by atoms with Crippen LogP contribution in [-0.4, -0.2) is 33.9 Å². The number of nitrogens with zero attached hydrogens (tertiary/aromatic N) is 3. The van der Waals surface area contributed by atoms with Crippen LogP contribution in [0.4, 0.5) is 11.5 Å². The van der Waals surface area contributed by atoms with Crippen molar-refractivity contribution in [3.05, 3.63) is 77.5 Å². The first-order valence-electron chi connectivity index (χ1n) is 9.96. The van der Waals surface area contributed by atoms with Gasteiger partial charge in [-0.05, 0) is 73.8 Å². The quantitative estimate of drug-likeness (QED) is 0.521. The molecular formula is C22H23ClN6O. The van der Waals surface area contributed by atoms with Crippen molar-refractivity contribution in [3.63, 3.8) is 0 Å². The van der Waals surface area contributed by atoms with Gasteiger partial charge in [0.2, 0.25) is 0 Å². The lowest BCUT2D eigenvalue weighted by Crippen LogP contribution is -2.34. The number of halogens is 1. The van der Waals surface area contributed by atoms with Gasteiger partial charge in [-0.1, -0.05) is 11.6 Å². The predicted octanol–water partition coefficient (Wildman–Crippen LogP) is 3.93. The minimum atomic E-state index is -0.256. The van der Waals surface area contributed by atoms with Crippen molar-refractivity contribution in [1.29, 1.82) is 0 Å². The molecule has 0 aromatic carbocycles. The second kappa shape index (κ2) is 9.65. The fourth-order valence-electron chi connectivity index (χ4n) is 3.72. The molecule has 0 bridgehead atoms. The molecule has 7 nitrogen and oxygen atoms in total. The van der Waals surface area contributed by atoms with Crippen LogP contribution in [0.2, 0.25) is 5.15 Å². The van der Waals surface area contributed by atoms with Gasteiger partial charge < -0.3 is 16.0 Å². The summed E-state index contributed by atoms with van der Waals surface area (Å²) in [6.45, 7) is 1.96. The van der Waals surface area contributed by atoms with Crippen molar-refractivity contribution >= 4 is 29.0 Å². The fourth-order valence-corrected chi connectivity index (χ4v) is 3.83. The summed E-state index contributed by atoms with van der Waals surface area (Å²) in [5, 5.41) is 10.2. The van der Waals surface area contributed by atoms with Crippen LogP contribution in [0.1, 0.15) is 34.8 Å². The maximum atomic E-state index is 12.9. The van der Waals surface area contributed by atoms with Crippen molar-refractivity contribution in [2.24, 2.45) is 5.92 Å². The Morgan fingerprint density at radius 2 is 1.87 bits per heavy atom. The van der Waals surface area contributed by atoms with Gasteiger partial charge in [0.25, 0.3) is 5.91 Å². The molecule has 1 aliphatic rings. The van der Waals surface area contributed by atoms with E-state index in [0.29, 0.717) is 28.1 Å². The summed E-state index contributed by atoms with van der Waals surface area (Å²) in [6, 6.07) is 10.9. The van der Waals surface area contributed by atoms with E-state index in [4.69, 9.17) is 11.6 Å². The van der Waals surface area contributed by atoms with Gasteiger partial charge in [-0.2, -0.15) is 0 Å². The average molecular weight is 423 g/mol. The highest BCUT2D eigenvalue weighted by Crippen LogP contribution is 2.32. The van der Waals surface area contributed by atoms with E-state index in [-0.39, 0.29) is 11.9 Å². The molecule has 30 heavy (non-hydrogen) atoms. The number of pyridine rings is 3. The van der Waals surface area contributed by atoms with Gasteiger partial charge in [0.15, 0.2) is 0 Å². The highest BCUT2D eigenvalue weighted by molar-refractivity contribution is 6.29. The van der Waals surface area contributed by atoms with E-state index in [2.05, 4.69) is 30.9 Å². The lowest BCUT2D eigenvalue weighted by atomic mass is 9.86. The molecular weight excluding hydrogens is 400 g/mol. The van der Waals surface area contributed by atoms with Crippen LogP contribution in [0.3, 0.4) is 0 Å². The minimum Gasteiger partial charge on any atom is -0.362 e. The third-order valence-electron chi connectivity index (χ3n) is 5.25. The standard InChI is InChI=1S/C22H23ClN6O/c23-19-4-3-17(14-27-19)28-22(30)18-2-1-9-26-21(18)29-20(15-5-10-24-11-6-15)16-7-12-25-13-8-16/h1-6,9-11,14,16,20,25H,7-8,12-13H2,(H,26,29)(H,28,30). The zero-order valence-corrected chi connectivity index (χ0v) is 17.1. The second-order valence-corrected chi connectivity index (χ2v) is 7.60. The lowest BCUT2D eigenvalue weighted by molar-refractivity contribution is 0.102. The number of amides is 1. The Kier molecular flexibility index (Phi) is 6.51. The third kappa shape index (κ3) is 4.93. The number of aromatic nitrogens is 3. The van der Waals surface area contributed by atoms with Crippen LogP contribution in [0.25, 0.3) is 0 Å². The van der Waals surface area contributed by atoms with Gasteiger partial charge in [0.05, 0.1) is 23.5 Å². The molecule has 3 aromatic heterocycles. The summed E-state index contributed by atoms with van der Waals surface area (Å²) in [5.74, 6) is 0.720. The van der Waals surface area contributed by atoms with Gasteiger partial charge in [0.1, 0.15) is 11.0 Å². The molecule has 1 amide bonds. The first kappa shape index (κ1) is 20.3. The van der Waals surface area contributed by atoms with Gasteiger partial charge in [-0.3, -0.25) is 9.78 Å². The Hall–Kier alpha value is -3.03. The summed E-state index contributed by atoms with van der Waals surface area (Å²) in [7, 11) is 0. The summed E-state index contributed by atoms with van der Waals surface area (Å²) in [4.78, 5) is 25.6. The van der Waals surface area contributed by atoms with Crippen LogP contribution in [-0.2, 0) is 0 Å². The third-order valence-corrected chi connectivity index (χ3v) is 5.47. The highest BCUT2D eigenvalue weighted by atomic mass is 35.5. The zero-order chi connectivity index (χ0) is 20.8. The smallest absolute Gasteiger partial charge is 0.259 e. The molecule has 4 rings (SSSR count). The molecule has 3 N–H and O–H groups in total. The molecule has 0 radical (unpaired) electrons. The molecule has 8 heteroatoms. The number of piperidine rings is 1. The summed E-state index contributed by atoms with van der Waals surface area (Å²) in [5.41, 5.74) is 2.18. The average Bonchev–Trinajstić information content (AvgIpc) is 2.80. The van der Waals surface area contributed by atoms with Gasteiger partial charge in [-0.25, -0.2) is 9.97 Å². The van der Waals surface area contributed by atoms with E-state index in [1.54, 1.807) is 42.9 Å². The molecule has 154 valence electrons. The number of carbonyl (C=O) groups excluding carboxylic acids is 1. The molecule has 1 saturated heterocycles. The molecule has 1 fully saturated rings. The van der Waals surface area contributed by atoms with Gasteiger partial charge in [0, 0.05) is 18.6 Å². The topological polar surface area (TPSA) is 91.8 Å². The first-order valence-corrected chi connectivity index (χ1v) is 10.3. The summed E-state index contributed by atoms with van der Waals surface area (Å²) >= 11 is 5.83. The first-order chi connectivity index (χ1) is 14.7. The van der Waals surface area contributed by atoms with Crippen molar-refractivity contribution in [2.45, 2.75) is 18.9 Å². The maximum Gasteiger partial charge on any atom is 0.259 e. The Morgan fingerprint density at radius 1 is 1.07 bits per heavy atom. The molecule has 1 atom stereocenters. The molecule has 0 spiro atoms. The van der Waals surface area contributed by atoms with E-state index in [1.807, 2.05) is 12.1 Å². The zero-order valence-electron chi connectivity index (χ0n) is 16.4. The SMILES string of the molecule is O=C(Nc1ccc(Cl)nc1)c1cccnc1NC(c1ccncc1)C1CCNCC1. The monoisotopic (exact) mass is 422 g/mol. The van der Waals surface area contributed by atoms with Crippen molar-refractivity contribution < 1.29 is 4.79 Å². The van der Waals surface area contributed by atoms with E-state index >= 15 is 0 Å². The molecule has 0 aliphatic carbocycles. The van der Waals surface area contributed by atoms with Crippen molar-refractivity contribution in [1.82, 2.24) is 20.3 Å². The van der Waals surface area contributed by atoms with Crippen LogP contribution in [0.15, 0.2) is 61.2 Å². The Balaban J connectivity index is 1.59. The predicted molar refractivity (Wildman–Crippen MR) is 118 cm³/mol. The van der Waals surface area contributed by atoms with Gasteiger partial charge in [-0.15, -0.1) is 0 Å². The van der Waals surface area contributed by atoms with Crippen molar-refractivity contribution in [2.75, 3.05) is 23.7 Å². The number of hydrogen-bond acceptors (Lipinski definition) is 6. The largest absolute Gasteiger partial charge is 0.362 e. The van der Waals surface area contributed by atoms with E-state index < -0.39 is 0 Å². The Bertz CT molecular complexity index is 976. The number of nitrogens with one attached hydrogen (secondary N) is 3. The van der Waals surface area contributed by atoms with E-state index in [9.17, 15) is 4.79 Å². The maximum absolute atomic E-state index is 12.9. The minimum absolute atomic E-state index is 0.0359. The Morgan fingerprint density at radius 3 is 2.60 bits per heavy atom.